The molecule has 0 radical (unpaired) electrons. The zero-order valence-corrected chi connectivity index (χ0v) is 21.5. The maximum absolute atomic E-state index is 13.2. The first-order valence-electron chi connectivity index (χ1n) is 13.4. The minimum absolute atomic E-state index is 0.0669. The highest BCUT2D eigenvalue weighted by atomic mass is 16.5. The van der Waals surface area contributed by atoms with Crippen molar-refractivity contribution in [1.29, 1.82) is 0 Å². The van der Waals surface area contributed by atoms with Crippen LogP contribution in [0.5, 0.6) is 5.75 Å². The van der Waals surface area contributed by atoms with Crippen LogP contribution in [-0.2, 0) is 14.9 Å². The molecule has 0 amide bonds. The number of aromatic carboxylic acids is 1. The van der Waals surface area contributed by atoms with Gasteiger partial charge in [0.2, 0.25) is 0 Å². The van der Waals surface area contributed by atoms with E-state index >= 15 is 0 Å². The van der Waals surface area contributed by atoms with Crippen LogP contribution in [0.2, 0.25) is 0 Å². The second kappa shape index (κ2) is 11.2. The van der Waals surface area contributed by atoms with Crippen LogP contribution in [0.1, 0.15) is 70.4 Å². The Morgan fingerprint density at radius 3 is 2.14 bits per heavy atom. The molecule has 0 saturated heterocycles. The minimum atomic E-state index is -0.965. The molecule has 4 aliphatic carbocycles. The van der Waals surface area contributed by atoms with Gasteiger partial charge in [-0.25, -0.2) is 4.79 Å². The van der Waals surface area contributed by atoms with E-state index in [-0.39, 0.29) is 16.8 Å². The van der Waals surface area contributed by atoms with Crippen molar-refractivity contribution < 1.29 is 28.9 Å². The predicted molar refractivity (Wildman–Crippen MR) is 141 cm³/mol. The Labute approximate surface area is 218 Å². The van der Waals surface area contributed by atoms with Crippen LogP contribution in [0.3, 0.4) is 0 Å². The van der Waals surface area contributed by atoms with Gasteiger partial charge >= 0.3 is 5.97 Å². The van der Waals surface area contributed by atoms with Gasteiger partial charge in [-0.3, -0.25) is 4.79 Å². The summed E-state index contributed by atoms with van der Waals surface area (Å²) in [5.41, 5.74) is 2.95. The second-order valence-corrected chi connectivity index (χ2v) is 11.0. The largest absolute Gasteiger partial charge is 0.491 e. The molecular formula is C31H36O6. The standard InChI is InChI=1S/C31H36O6/c1-35-10-11-36-12-13-37-29-9-7-26(28(32)8-4-21-2-5-25(6-3-21)30(33)34)17-27(29)31-18-22-14-23(19-31)16-24(15-22)20-31/h2-9,17,22-24H,10-16,18-20H2,1H3,(H,33,34)/b8-4+. The SMILES string of the molecule is COCCOCCOc1ccc(C(=O)/C=C/c2ccc(C(=O)O)cc2)cc1C12CC3CC(CC(C3)C1)C2. The summed E-state index contributed by atoms with van der Waals surface area (Å²) in [6.07, 6.45) is 10.9. The molecule has 0 aromatic heterocycles. The van der Waals surface area contributed by atoms with Crippen molar-refractivity contribution in [2.45, 2.75) is 43.9 Å². The topological polar surface area (TPSA) is 82.1 Å². The Kier molecular flexibility index (Phi) is 7.77. The summed E-state index contributed by atoms with van der Waals surface area (Å²) < 4.78 is 16.9. The normalized spacial score (nSPS) is 26.0. The van der Waals surface area contributed by atoms with Crippen LogP contribution in [0, 0.1) is 17.8 Å². The van der Waals surface area contributed by atoms with Crippen LogP contribution < -0.4 is 4.74 Å². The van der Waals surface area contributed by atoms with Crippen LogP contribution >= 0.6 is 0 Å². The third-order valence-electron chi connectivity index (χ3n) is 8.38. The molecule has 6 heteroatoms. The van der Waals surface area contributed by atoms with Crippen LogP contribution in [-0.4, -0.2) is 50.4 Å². The van der Waals surface area contributed by atoms with E-state index in [9.17, 15) is 9.59 Å². The van der Waals surface area contributed by atoms with Crippen molar-refractivity contribution in [1.82, 2.24) is 0 Å². The van der Waals surface area contributed by atoms with Crippen molar-refractivity contribution in [3.05, 3.63) is 70.8 Å². The fourth-order valence-electron chi connectivity index (χ4n) is 7.12. The molecule has 37 heavy (non-hydrogen) atoms. The average molecular weight is 505 g/mol. The third kappa shape index (κ3) is 5.81. The van der Waals surface area contributed by atoms with Crippen LogP contribution in [0.15, 0.2) is 48.5 Å². The molecular weight excluding hydrogens is 468 g/mol. The number of hydrogen-bond donors (Lipinski definition) is 1. The summed E-state index contributed by atoms with van der Waals surface area (Å²) in [6, 6.07) is 12.4. The monoisotopic (exact) mass is 504 g/mol. The van der Waals surface area contributed by atoms with E-state index in [4.69, 9.17) is 19.3 Å². The first kappa shape index (κ1) is 25.7. The van der Waals surface area contributed by atoms with E-state index in [0.717, 1.165) is 29.1 Å². The fraction of sp³-hybridized carbons (Fsp3) is 0.484. The molecule has 4 saturated carbocycles. The summed E-state index contributed by atoms with van der Waals surface area (Å²) in [4.78, 5) is 24.3. The maximum atomic E-state index is 13.2. The Morgan fingerprint density at radius 1 is 0.892 bits per heavy atom. The first-order chi connectivity index (χ1) is 18.0. The molecule has 196 valence electrons. The van der Waals surface area contributed by atoms with E-state index in [1.54, 1.807) is 43.5 Å². The molecule has 0 atom stereocenters. The lowest BCUT2D eigenvalue weighted by Crippen LogP contribution is -2.48. The van der Waals surface area contributed by atoms with Crippen molar-refractivity contribution in [3.8, 4) is 5.75 Å². The lowest BCUT2D eigenvalue weighted by atomic mass is 9.48. The Bertz CT molecular complexity index is 1110. The van der Waals surface area contributed by atoms with Gasteiger partial charge in [-0.15, -0.1) is 0 Å². The molecule has 1 N–H and O–H groups in total. The van der Waals surface area contributed by atoms with Gasteiger partial charge in [-0.2, -0.15) is 0 Å². The zero-order chi connectivity index (χ0) is 25.8. The third-order valence-corrected chi connectivity index (χ3v) is 8.38. The summed E-state index contributed by atoms with van der Waals surface area (Å²) in [5.74, 6) is 2.19. The zero-order valence-electron chi connectivity index (χ0n) is 21.5. The van der Waals surface area contributed by atoms with Gasteiger partial charge < -0.3 is 19.3 Å². The number of carbonyl (C=O) groups excluding carboxylic acids is 1. The predicted octanol–water partition coefficient (Wildman–Crippen LogP) is 5.79. The number of hydrogen-bond acceptors (Lipinski definition) is 5. The molecule has 2 aromatic carbocycles. The number of ether oxygens (including phenoxy) is 3. The first-order valence-corrected chi connectivity index (χ1v) is 13.4. The second-order valence-electron chi connectivity index (χ2n) is 11.0. The van der Waals surface area contributed by atoms with Gasteiger partial charge in [0.25, 0.3) is 0 Å². The number of carboxylic acids is 1. The van der Waals surface area contributed by atoms with Crippen molar-refractivity contribution in [3.63, 3.8) is 0 Å². The van der Waals surface area contributed by atoms with E-state index in [1.807, 2.05) is 12.1 Å². The van der Waals surface area contributed by atoms with E-state index in [1.165, 1.54) is 44.1 Å². The van der Waals surface area contributed by atoms with E-state index < -0.39 is 5.97 Å². The highest BCUT2D eigenvalue weighted by Gasteiger charge is 2.52. The molecule has 0 heterocycles. The fourth-order valence-corrected chi connectivity index (χ4v) is 7.12. The van der Waals surface area contributed by atoms with E-state index in [2.05, 4.69) is 6.07 Å². The molecule has 0 spiro atoms. The summed E-state index contributed by atoms with van der Waals surface area (Å²) in [5, 5.41) is 9.09. The lowest BCUT2D eigenvalue weighted by Gasteiger charge is -2.57. The molecule has 4 aliphatic rings. The molecule has 4 bridgehead atoms. The lowest BCUT2D eigenvalue weighted by molar-refractivity contribution is -0.00688. The Balaban J connectivity index is 1.36. The van der Waals surface area contributed by atoms with Crippen molar-refractivity contribution >= 4 is 17.8 Å². The molecule has 2 aromatic rings. The van der Waals surface area contributed by atoms with Gasteiger partial charge in [0.1, 0.15) is 12.4 Å². The Hall–Kier alpha value is -2.96. The summed E-state index contributed by atoms with van der Waals surface area (Å²) in [7, 11) is 1.66. The number of allylic oxidation sites excluding steroid dienone is 1. The summed E-state index contributed by atoms with van der Waals surface area (Å²) >= 11 is 0. The van der Waals surface area contributed by atoms with Gasteiger partial charge in [0.15, 0.2) is 5.78 Å². The quantitative estimate of drug-likeness (QED) is 0.224. The van der Waals surface area contributed by atoms with Gasteiger partial charge in [0.05, 0.1) is 25.4 Å². The number of ketones is 1. The van der Waals surface area contributed by atoms with Gasteiger partial charge in [-0.1, -0.05) is 18.2 Å². The number of methoxy groups -OCH3 is 1. The van der Waals surface area contributed by atoms with E-state index in [0.29, 0.717) is 32.0 Å². The van der Waals surface area contributed by atoms with Gasteiger partial charge in [-0.05, 0) is 104 Å². The number of rotatable bonds is 12. The highest BCUT2D eigenvalue weighted by molar-refractivity contribution is 6.07. The highest BCUT2D eigenvalue weighted by Crippen LogP contribution is 2.62. The molecule has 0 unspecified atom stereocenters. The smallest absolute Gasteiger partial charge is 0.335 e. The number of carboxylic acid groups (broad SMARTS) is 1. The Morgan fingerprint density at radius 2 is 1.51 bits per heavy atom. The maximum Gasteiger partial charge on any atom is 0.335 e. The van der Waals surface area contributed by atoms with Crippen LogP contribution in [0.25, 0.3) is 6.08 Å². The van der Waals surface area contributed by atoms with Crippen molar-refractivity contribution in [2.75, 3.05) is 33.5 Å². The number of benzene rings is 2. The molecule has 6 nitrogen and oxygen atoms in total. The van der Waals surface area contributed by atoms with Crippen LogP contribution in [0.4, 0.5) is 0 Å². The minimum Gasteiger partial charge on any atom is -0.491 e. The molecule has 0 aliphatic heterocycles. The van der Waals surface area contributed by atoms with Gasteiger partial charge in [0, 0.05) is 18.2 Å². The van der Waals surface area contributed by atoms with Crippen molar-refractivity contribution in [2.24, 2.45) is 17.8 Å². The summed E-state index contributed by atoms with van der Waals surface area (Å²) in [6.45, 7) is 2.06. The molecule has 4 fully saturated rings. The molecule has 6 rings (SSSR count). The number of carbonyl (C=O) groups is 2. The average Bonchev–Trinajstić information content (AvgIpc) is 2.88.